The molecule has 0 aliphatic carbocycles. The summed E-state index contributed by atoms with van der Waals surface area (Å²) in [6.07, 6.45) is 1.67. The molecule has 4 rings (SSSR count). The molecule has 0 spiro atoms. The van der Waals surface area contributed by atoms with Crippen LogP contribution in [0.4, 0.5) is 14.5 Å². The molecule has 3 aromatic rings. The molecule has 2 heterocycles. The monoisotopic (exact) mass is 371 g/mol. The van der Waals surface area contributed by atoms with Crippen LogP contribution >= 0.6 is 0 Å². The number of aromatic nitrogens is 3. The van der Waals surface area contributed by atoms with Crippen molar-refractivity contribution in [3.63, 3.8) is 0 Å². The van der Waals surface area contributed by atoms with Crippen LogP contribution in [0.1, 0.15) is 18.9 Å². The van der Waals surface area contributed by atoms with Crippen LogP contribution in [-0.4, -0.2) is 45.4 Å². The van der Waals surface area contributed by atoms with Gasteiger partial charge in [-0.15, -0.1) is 5.10 Å². The largest absolute Gasteiger partial charge is 0.325 e. The summed E-state index contributed by atoms with van der Waals surface area (Å²) in [5.41, 5.74) is 1.96. The lowest BCUT2D eigenvalue weighted by Gasteiger charge is -2.31. The van der Waals surface area contributed by atoms with Crippen LogP contribution in [0.25, 0.3) is 11.0 Å². The standard InChI is InChI=1S/C19H19F2N5O/c20-13-1-4-15(5-2-13)22-19(27)12-25-9-7-16(8-10-25)26-18-6-3-14(21)11-17(18)23-24-26/h1-6,11,16H,7-10,12H2,(H,22,27). The fourth-order valence-electron chi connectivity index (χ4n) is 3.44. The summed E-state index contributed by atoms with van der Waals surface area (Å²) in [7, 11) is 0. The molecule has 1 fully saturated rings. The summed E-state index contributed by atoms with van der Waals surface area (Å²) in [5, 5.41) is 11.0. The maximum Gasteiger partial charge on any atom is 0.238 e. The maximum atomic E-state index is 13.3. The Morgan fingerprint density at radius 3 is 2.52 bits per heavy atom. The van der Waals surface area contributed by atoms with Gasteiger partial charge in [-0.3, -0.25) is 9.69 Å². The summed E-state index contributed by atoms with van der Waals surface area (Å²) in [6.45, 7) is 1.79. The number of rotatable bonds is 4. The number of nitrogens with one attached hydrogen (secondary N) is 1. The Kier molecular flexibility index (Phi) is 4.81. The van der Waals surface area contributed by atoms with Gasteiger partial charge in [-0.2, -0.15) is 0 Å². The second-order valence-electron chi connectivity index (χ2n) is 6.73. The van der Waals surface area contributed by atoms with Crippen molar-refractivity contribution in [3.05, 3.63) is 54.1 Å². The molecule has 27 heavy (non-hydrogen) atoms. The Hall–Kier alpha value is -2.87. The normalized spacial score (nSPS) is 15.9. The predicted octanol–water partition coefficient (Wildman–Crippen LogP) is 2.99. The SMILES string of the molecule is O=C(CN1CCC(n2nnc3cc(F)ccc32)CC1)Nc1ccc(F)cc1. The second-order valence-corrected chi connectivity index (χ2v) is 6.73. The van der Waals surface area contributed by atoms with Gasteiger partial charge in [0, 0.05) is 24.8 Å². The molecule has 8 heteroatoms. The van der Waals surface area contributed by atoms with Crippen LogP contribution in [0.5, 0.6) is 0 Å². The fraction of sp³-hybridized carbons (Fsp3) is 0.316. The average molecular weight is 371 g/mol. The van der Waals surface area contributed by atoms with Crippen molar-refractivity contribution in [1.82, 2.24) is 19.9 Å². The molecule has 0 atom stereocenters. The molecule has 1 aliphatic rings. The van der Waals surface area contributed by atoms with E-state index in [9.17, 15) is 13.6 Å². The van der Waals surface area contributed by atoms with E-state index in [4.69, 9.17) is 0 Å². The van der Waals surface area contributed by atoms with Crippen LogP contribution < -0.4 is 5.32 Å². The van der Waals surface area contributed by atoms with Crippen molar-refractivity contribution in [1.29, 1.82) is 0 Å². The maximum absolute atomic E-state index is 13.3. The Balaban J connectivity index is 1.33. The number of amides is 1. The number of anilines is 1. The quantitative estimate of drug-likeness (QED) is 0.766. The minimum atomic E-state index is -0.335. The van der Waals surface area contributed by atoms with Gasteiger partial charge in [-0.05, 0) is 49.2 Å². The molecular formula is C19H19F2N5O. The van der Waals surface area contributed by atoms with Crippen molar-refractivity contribution in [2.75, 3.05) is 25.0 Å². The van der Waals surface area contributed by atoms with Crippen molar-refractivity contribution >= 4 is 22.6 Å². The first kappa shape index (κ1) is 17.5. The van der Waals surface area contributed by atoms with Gasteiger partial charge in [-0.25, -0.2) is 13.5 Å². The first-order chi connectivity index (χ1) is 13.1. The van der Waals surface area contributed by atoms with E-state index in [0.29, 0.717) is 11.2 Å². The highest BCUT2D eigenvalue weighted by atomic mass is 19.1. The van der Waals surface area contributed by atoms with Gasteiger partial charge in [-0.1, -0.05) is 5.21 Å². The molecule has 2 aromatic carbocycles. The molecule has 0 unspecified atom stereocenters. The number of carbonyl (C=O) groups excluding carboxylic acids is 1. The third kappa shape index (κ3) is 3.95. The van der Waals surface area contributed by atoms with Crippen LogP contribution in [-0.2, 0) is 4.79 Å². The minimum Gasteiger partial charge on any atom is -0.325 e. The average Bonchev–Trinajstić information content (AvgIpc) is 3.07. The Morgan fingerprint density at radius 1 is 1.07 bits per heavy atom. The highest BCUT2D eigenvalue weighted by Gasteiger charge is 2.24. The summed E-state index contributed by atoms with van der Waals surface area (Å²) in [6, 6.07) is 10.4. The van der Waals surface area contributed by atoms with Gasteiger partial charge in [0.15, 0.2) is 0 Å². The molecule has 0 radical (unpaired) electrons. The van der Waals surface area contributed by atoms with E-state index in [-0.39, 0.29) is 30.1 Å². The highest BCUT2D eigenvalue weighted by Crippen LogP contribution is 2.25. The number of nitrogens with zero attached hydrogens (tertiary/aromatic N) is 4. The first-order valence-corrected chi connectivity index (χ1v) is 8.87. The number of fused-ring (bicyclic) bond motifs is 1. The minimum absolute atomic E-state index is 0.123. The summed E-state index contributed by atoms with van der Waals surface area (Å²) < 4.78 is 28.1. The molecule has 1 saturated heterocycles. The number of carbonyl (C=O) groups is 1. The molecule has 1 N–H and O–H groups in total. The lowest BCUT2D eigenvalue weighted by atomic mass is 10.0. The highest BCUT2D eigenvalue weighted by molar-refractivity contribution is 5.92. The number of halogens is 2. The number of benzene rings is 2. The van der Waals surface area contributed by atoms with Gasteiger partial charge in [0.05, 0.1) is 18.1 Å². The van der Waals surface area contributed by atoms with Crippen molar-refractivity contribution < 1.29 is 13.6 Å². The van der Waals surface area contributed by atoms with Crippen molar-refractivity contribution in [2.24, 2.45) is 0 Å². The van der Waals surface area contributed by atoms with Gasteiger partial charge in [0.2, 0.25) is 5.91 Å². The summed E-state index contributed by atoms with van der Waals surface area (Å²) >= 11 is 0. The van der Waals surface area contributed by atoms with E-state index >= 15 is 0 Å². The molecule has 140 valence electrons. The number of piperidine rings is 1. The van der Waals surface area contributed by atoms with Gasteiger partial charge < -0.3 is 5.32 Å². The molecule has 1 aromatic heterocycles. The lowest BCUT2D eigenvalue weighted by molar-refractivity contribution is -0.117. The van der Waals surface area contributed by atoms with Crippen LogP contribution in [0.15, 0.2) is 42.5 Å². The molecular weight excluding hydrogens is 352 g/mol. The molecule has 6 nitrogen and oxygen atoms in total. The zero-order valence-electron chi connectivity index (χ0n) is 14.6. The number of likely N-dealkylation sites (tertiary alicyclic amines) is 1. The van der Waals surface area contributed by atoms with Crippen molar-refractivity contribution in [3.8, 4) is 0 Å². The molecule has 0 saturated carbocycles. The smallest absolute Gasteiger partial charge is 0.238 e. The summed E-state index contributed by atoms with van der Waals surface area (Å²) in [4.78, 5) is 14.3. The fourth-order valence-corrected chi connectivity index (χ4v) is 3.44. The van der Waals surface area contributed by atoms with E-state index in [0.717, 1.165) is 31.4 Å². The zero-order valence-corrected chi connectivity index (χ0v) is 14.6. The van der Waals surface area contributed by atoms with Crippen LogP contribution in [0, 0.1) is 11.6 Å². The van der Waals surface area contributed by atoms with E-state index < -0.39 is 0 Å². The van der Waals surface area contributed by atoms with E-state index in [2.05, 4.69) is 20.5 Å². The second kappa shape index (κ2) is 7.40. The third-order valence-corrected chi connectivity index (χ3v) is 4.83. The molecule has 0 bridgehead atoms. The Labute approximate surface area is 154 Å². The van der Waals surface area contributed by atoms with Crippen LogP contribution in [0.2, 0.25) is 0 Å². The molecule has 1 amide bonds. The van der Waals surface area contributed by atoms with Crippen LogP contribution in [0.3, 0.4) is 0 Å². The predicted molar refractivity (Wildman–Crippen MR) is 97.2 cm³/mol. The van der Waals surface area contributed by atoms with E-state index in [1.165, 1.54) is 36.4 Å². The first-order valence-electron chi connectivity index (χ1n) is 8.87. The Bertz CT molecular complexity index is 948. The molecule has 1 aliphatic heterocycles. The van der Waals surface area contributed by atoms with Crippen molar-refractivity contribution in [2.45, 2.75) is 18.9 Å². The third-order valence-electron chi connectivity index (χ3n) is 4.83. The zero-order chi connectivity index (χ0) is 18.8. The van der Waals surface area contributed by atoms with E-state index in [1.54, 1.807) is 6.07 Å². The van der Waals surface area contributed by atoms with Gasteiger partial charge in [0.25, 0.3) is 0 Å². The lowest BCUT2D eigenvalue weighted by Crippen LogP contribution is -2.39. The summed E-state index contributed by atoms with van der Waals surface area (Å²) in [5.74, 6) is -0.781. The topological polar surface area (TPSA) is 63.1 Å². The van der Waals surface area contributed by atoms with Gasteiger partial charge >= 0.3 is 0 Å². The number of hydrogen-bond donors (Lipinski definition) is 1. The number of hydrogen-bond acceptors (Lipinski definition) is 4. The van der Waals surface area contributed by atoms with E-state index in [1.807, 2.05) is 4.68 Å². The Morgan fingerprint density at radius 2 is 1.78 bits per heavy atom. The van der Waals surface area contributed by atoms with Gasteiger partial charge in [0.1, 0.15) is 17.2 Å².